The maximum absolute atomic E-state index is 12.7. The van der Waals surface area contributed by atoms with Crippen LogP contribution in [0.15, 0.2) is 48.5 Å². The molecule has 3 aliphatic rings. The largest absolute Gasteiger partial charge is 0.508 e. The zero-order valence-electron chi connectivity index (χ0n) is 18.5. The monoisotopic (exact) mass is 454 g/mol. The number of hydrogen-bond acceptors (Lipinski definition) is 7. The zero-order chi connectivity index (χ0) is 22.8. The molecule has 0 amide bonds. The van der Waals surface area contributed by atoms with Crippen LogP contribution in [-0.4, -0.2) is 60.9 Å². The molecule has 0 bridgehead atoms. The number of carbonyl (C=O) groups is 1. The van der Waals surface area contributed by atoms with Crippen LogP contribution < -0.4 is 0 Å². The molecule has 176 valence electrons. The van der Waals surface area contributed by atoms with Gasteiger partial charge in [-0.05, 0) is 60.6 Å². The minimum atomic E-state index is -0.547. The maximum atomic E-state index is 12.7. The summed E-state index contributed by atoms with van der Waals surface area (Å²) in [5, 5.41) is 19.9. The number of carbonyl (C=O) groups excluding carboxylic acids is 1. The lowest BCUT2D eigenvalue weighted by Crippen LogP contribution is -2.39. The van der Waals surface area contributed by atoms with Crippen molar-refractivity contribution >= 4 is 5.97 Å². The second-order valence-corrected chi connectivity index (χ2v) is 9.28. The Morgan fingerprint density at radius 3 is 1.73 bits per heavy atom. The Hall–Kier alpha value is -2.61. The summed E-state index contributed by atoms with van der Waals surface area (Å²) in [6.07, 6.45) is 2.86. The van der Waals surface area contributed by atoms with E-state index >= 15 is 0 Å². The Morgan fingerprint density at radius 2 is 1.30 bits per heavy atom. The molecule has 3 aliphatic heterocycles. The Balaban J connectivity index is 1.53. The third-order valence-electron chi connectivity index (χ3n) is 6.92. The molecule has 5 rings (SSSR count). The van der Waals surface area contributed by atoms with Crippen LogP contribution in [0.3, 0.4) is 0 Å². The number of aromatic hydroxyl groups is 2. The summed E-state index contributed by atoms with van der Waals surface area (Å²) in [4.78, 5) is 12.7. The molecule has 3 atom stereocenters. The topological polar surface area (TPSA) is 104 Å². The van der Waals surface area contributed by atoms with Crippen molar-refractivity contribution < 1.29 is 34.0 Å². The molecule has 3 fully saturated rings. The van der Waals surface area contributed by atoms with Crippen molar-refractivity contribution in [1.29, 1.82) is 0 Å². The van der Waals surface area contributed by atoms with Crippen LogP contribution in [0.1, 0.15) is 36.8 Å². The van der Waals surface area contributed by atoms with Crippen molar-refractivity contribution in [3.8, 4) is 11.5 Å². The van der Waals surface area contributed by atoms with Crippen LogP contribution in [0, 0.1) is 5.92 Å². The zero-order valence-corrected chi connectivity index (χ0v) is 18.5. The standard InChI is InChI=1S/C26H30O7/c27-20-5-1-17(2-6-20)26(18-3-7-21(28)8-4-18,10-9-25(29)33-16-24-15-32-24)19(11-22-13-30-22)12-23-14-31-23/h1-8,19,22-24,27-28H,9-16H2. The molecule has 2 aromatic carbocycles. The number of phenols is 2. The van der Waals surface area contributed by atoms with E-state index in [-0.39, 0.29) is 48.1 Å². The fourth-order valence-electron chi connectivity index (χ4n) is 4.91. The number of rotatable bonds is 12. The first-order valence-electron chi connectivity index (χ1n) is 11.6. The highest BCUT2D eigenvalue weighted by Gasteiger charge is 2.47. The summed E-state index contributed by atoms with van der Waals surface area (Å²) in [6.45, 7) is 2.42. The molecule has 2 N–H and O–H groups in total. The highest BCUT2D eigenvalue weighted by Crippen LogP contribution is 2.49. The van der Waals surface area contributed by atoms with Crippen LogP contribution in [0.25, 0.3) is 0 Å². The average Bonchev–Trinajstić information content (AvgIpc) is 3.66. The lowest BCUT2D eigenvalue weighted by Gasteiger charge is -2.42. The van der Waals surface area contributed by atoms with E-state index in [1.165, 1.54) is 0 Å². The molecule has 2 aromatic rings. The van der Waals surface area contributed by atoms with E-state index in [2.05, 4.69) is 0 Å². The Labute approximate surface area is 193 Å². The maximum Gasteiger partial charge on any atom is 0.305 e. The van der Waals surface area contributed by atoms with E-state index in [1.807, 2.05) is 24.3 Å². The molecule has 0 aliphatic carbocycles. The third-order valence-corrected chi connectivity index (χ3v) is 6.92. The molecule has 3 heterocycles. The van der Waals surface area contributed by atoms with Crippen molar-refractivity contribution in [2.75, 3.05) is 26.4 Å². The first-order valence-corrected chi connectivity index (χ1v) is 11.6. The van der Waals surface area contributed by atoms with Gasteiger partial charge < -0.3 is 29.2 Å². The number of benzene rings is 2. The molecule has 3 saturated heterocycles. The van der Waals surface area contributed by atoms with Gasteiger partial charge in [-0.2, -0.15) is 0 Å². The summed E-state index contributed by atoms with van der Waals surface area (Å²) in [6, 6.07) is 14.5. The molecule has 0 radical (unpaired) electrons. The van der Waals surface area contributed by atoms with Gasteiger partial charge in [0.1, 0.15) is 24.2 Å². The van der Waals surface area contributed by atoms with Gasteiger partial charge in [-0.25, -0.2) is 0 Å². The predicted molar refractivity (Wildman–Crippen MR) is 119 cm³/mol. The van der Waals surface area contributed by atoms with E-state index in [0.29, 0.717) is 19.6 Å². The van der Waals surface area contributed by atoms with Gasteiger partial charge in [-0.1, -0.05) is 24.3 Å². The van der Waals surface area contributed by atoms with Gasteiger partial charge in [0.2, 0.25) is 0 Å². The molecule has 3 unspecified atom stereocenters. The molecule has 7 heteroatoms. The van der Waals surface area contributed by atoms with Crippen molar-refractivity contribution in [3.05, 3.63) is 59.7 Å². The van der Waals surface area contributed by atoms with Gasteiger partial charge in [0.25, 0.3) is 0 Å². The average molecular weight is 455 g/mol. The van der Waals surface area contributed by atoms with Crippen LogP contribution in [0.4, 0.5) is 0 Å². The first-order chi connectivity index (χ1) is 16.0. The number of hydrogen-bond donors (Lipinski definition) is 2. The summed E-state index contributed by atoms with van der Waals surface area (Å²) in [5.74, 6) is 0.257. The van der Waals surface area contributed by atoms with Crippen LogP contribution in [0.5, 0.6) is 11.5 Å². The predicted octanol–water partition coefficient (Wildman–Crippen LogP) is 3.30. The Morgan fingerprint density at radius 1 is 0.848 bits per heavy atom. The SMILES string of the molecule is O=C(CCC(c1ccc(O)cc1)(c1ccc(O)cc1)C(CC1CO1)CC1CO1)OCC1CO1. The van der Waals surface area contributed by atoms with Gasteiger partial charge in [0, 0.05) is 11.8 Å². The summed E-state index contributed by atoms with van der Waals surface area (Å²) in [7, 11) is 0. The number of ether oxygens (including phenoxy) is 4. The smallest absolute Gasteiger partial charge is 0.305 e. The van der Waals surface area contributed by atoms with Crippen molar-refractivity contribution in [2.24, 2.45) is 5.92 Å². The minimum Gasteiger partial charge on any atom is -0.508 e. The summed E-state index contributed by atoms with van der Waals surface area (Å²) in [5.41, 5.74) is 1.47. The molecule has 0 aromatic heterocycles. The summed E-state index contributed by atoms with van der Waals surface area (Å²) < 4.78 is 21.8. The highest BCUT2D eigenvalue weighted by atomic mass is 16.6. The first kappa shape index (κ1) is 22.2. The molecule has 33 heavy (non-hydrogen) atoms. The van der Waals surface area contributed by atoms with Crippen molar-refractivity contribution in [1.82, 2.24) is 0 Å². The normalized spacial score (nSPS) is 24.2. The highest BCUT2D eigenvalue weighted by molar-refractivity contribution is 5.70. The lowest BCUT2D eigenvalue weighted by atomic mass is 9.60. The molecule has 0 spiro atoms. The van der Waals surface area contributed by atoms with Gasteiger partial charge in [-0.3, -0.25) is 4.79 Å². The Kier molecular flexibility index (Phi) is 6.27. The van der Waals surface area contributed by atoms with Gasteiger partial charge >= 0.3 is 5.97 Å². The third kappa shape index (κ3) is 5.49. The summed E-state index contributed by atoms with van der Waals surface area (Å²) >= 11 is 0. The second kappa shape index (κ2) is 9.33. The Bertz CT molecular complexity index is 884. The molecule has 0 saturated carbocycles. The molecular weight excluding hydrogens is 424 g/mol. The van der Waals surface area contributed by atoms with E-state index in [1.54, 1.807) is 24.3 Å². The number of epoxide rings is 3. The lowest BCUT2D eigenvalue weighted by molar-refractivity contribution is -0.144. The number of esters is 1. The molecule has 7 nitrogen and oxygen atoms in total. The fraction of sp³-hybridized carbons (Fsp3) is 0.500. The molecular formula is C26H30O7. The van der Waals surface area contributed by atoms with E-state index in [0.717, 1.165) is 37.2 Å². The van der Waals surface area contributed by atoms with Gasteiger partial charge in [0.15, 0.2) is 0 Å². The van der Waals surface area contributed by atoms with Crippen LogP contribution in [-0.2, 0) is 29.2 Å². The van der Waals surface area contributed by atoms with E-state index in [4.69, 9.17) is 18.9 Å². The van der Waals surface area contributed by atoms with Crippen LogP contribution >= 0.6 is 0 Å². The number of phenolic OH excluding ortho intramolecular Hbond substituents is 2. The van der Waals surface area contributed by atoms with E-state index < -0.39 is 5.41 Å². The quantitative estimate of drug-likeness (QED) is 0.375. The van der Waals surface area contributed by atoms with Crippen LogP contribution in [0.2, 0.25) is 0 Å². The van der Waals surface area contributed by atoms with E-state index in [9.17, 15) is 15.0 Å². The van der Waals surface area contributed by atoms with Gasteiger partial charge in [0.05, 0.1) is 32.0 Å². The fourth-order valence-corrected chi connectivity index (χ4v) is 4.91. The van der Waals surface area contributed by atoms with Crippen molar-refractivity contribution in [3.63, 3.8) is 0 Å². The minimum absolute atomic E-state index is 0.0275. The van der Waals surface area contributed by atoms with Crippen molar-refractivity contribution in [2.45, 2.75) is 49.4 Å². The second-order valence-electron chi connectivity index (χ2n) is 9.28. The van der Waals surface area contributed by atoms with Gasteiger partial charge in [-0.15, -0.1) is 0 Å².